The largest absolute Gasteiger partial charge is 0.508 e. The van der Waals surface area contributed by atoms with Crippen molar-refractivity contribution in [2.24, 2.45) is 9.98 Å². The molecular formula is C68H70Cl2FN11O8. The first-order valence-electron chi connectivity index (χ1n) is 29.4. The second-order valence-electron chi connectivity index (χ2n) is 22.5. The molecule has 19 nitrogen and oxygen atoms in total. The third-order valence-electron chi connectivity index (χ3n) is 16.7. The van der Waals surface area contributed by atoms with E-state index in [1.807, 2.05) is 79.2 Å². The van der Waals surface area contributed by atoms with Crippen molar-refractivity contribution in [3.8, 4) is 11.5 Å². The van der Waals surface area contributed by atoms with E-state index in [1.54, 1.807) is 85.5 Å². The normalized spacial score (nSPS) is 19.4. The molecular weight excluding hydrogens is 1190 g/mol. The maximum atomic E-state index is 14.4. The first kappa shape index (κ1) is 63.8. The molecule has 6 aromatic rings. The predicted octanol–water partition coefficient (Wildman–Crippen LogP) is 9.11. The smallest absolute Gasteiger partial charge is 0.334 e. The number of aliphatic imine (C=N–C) groups is 2. The summed E-state index contributed by atoms with van der Waals surface area (Å²) in [6, 6.07) is 34.9. The van der Waals surface area contributed by atoms with E-state index in [0.717, 1.165) is 63.2 Å². The molecule has 0 bridgehead atoms. The Hall–Kier alpha value is -9.21. The van der Waals surface area contributed by atoms with Crippen molar-refractivity contribution < 1.29 is 43.4 Å². The molecule has 90 heavy (non-hydrogen) atoms. The molecule has 4 atom stereocenters. The van der Waals surface area contributed by atoms with Gasteiger partial charge in [0.2, 0.25) is 29.5 Å². The number of fused-ring (bicyclic) bond motifs is 4. The van der Waals surface area contributed by atoms with Gasteiger partial charge in [-0.15, -0.1) is 13.2 Å². The maximum absolute atomic E-state index is 14.4. The Morgan fingerprint density at radius 1 is 0.622 bits per heavy atom. The number of amides is 7. The summed E-state index contributed by atoms with van der Waals surface area (Å²) >= 11 is 12.3. The fourth-order valence-electron chi connectivity index (χ4n) is 12.5. The molecule has 6 aliphatic heterocycles. The summed E-state index contributed by atoms with van der Waals surface area (Å²) in [7, 11) is 0. The summed E-state index contributed by atoms with van der Waals surface area (Å²) in [4.78, 5) is 99.4. The van der Waals surface area contributed by atoms with Gasteiger partial charge in [-0.05, 0) is 87.3 Å². The Morgan fingerprint density at radius 2 is 1.16 bits per heavy atom. The maximum Gasteiger partial charge on any atom is 0.334 e. The van der Waals surface area contributed by atoms with Crippen LogP contribution in [0.1, 0.15) is 58.4 Å². The van der Waals surface area contributed by atoms with Crippen LogP contribution in [0.4, 0.5) is 20.6 Å². The number of hydrogen-bond acceptors (Lipinski definition) is 12. The van der Waals surface area contributed by atoms with Gasteiger partial charge < -0.3 is 35.1 Å². The second kappa shape index (κ2) is 28.1. The van der Waals surface area contributed by atoms with Gasteiger partial charge in [-0.1, -0.05) is 134 Å². The summed E-state index contributed by atoms with van der Waals surface area (Å²) in [6.07, 6.45) is 7.82. The van der Waals surface area contributed by atoms with E-state index in [4.69, 9.17) is 23.2 Å². The van der Waals surface area contributed by atoms with Crippen LogP contribution in [0, 0.1) is 5.82 Å². The highest BCUT2D eigenvalue weighted by molar-refractivity contribution is 6.42. The molecule has 7 amide bonds. The van der Waals surface area contributed by atoms with Crippen LogP contribution in [0.2, 0.25) is 10.0 Å². The Labute approximate surface area is 532 Å². The molecule has 0 spiro atoms. The fraction of sp³-hybridized carbons (Fsp3) is 0.294. The van der Waals surface area contributed by atoms with Gasteiger partial charge in [-0.25, -0.2) is 29.2 Å². The topological polar surface area (TPSA) is 206 Å². The van der Waals surface area contributed by atoms with E-state index in [1.165, 1.54) is 26.9 Å². The minimum atomic E-state index is -0.985. The number of urea groups is 1. The lowest BCUT2D eigenvalue weighted by molar-refractivity contribution is -0.205. The van der Waals surface area contributed by atoms with E-state index in [-0.39, 0.29) is 121 Å². The lowest BCUT2D eigenvalue weighted by Gasteiger charge is -2.55. The zero-order chi connectivity index (χ0) is 62.5. The van der Waals surface area contributed by atoms with Crippen LogP contribution in [-0.4, -0.2) is 162 Å². The molecule has 6 aliphatic rings. The number of halogens is 3. The van der Waals surface area contributed by atoms with Crippen LogP contribution in [0.15, 0.2) is 163 Å². The molecule has 12 rings (SSSR count). The molecule has 466 valence electrons. The Morgan fingerprint density at radius 3 is 1.71 bits per heavy atom. The van der Waals surface area contributed by atoms with Crippen molar-refractivity contribution in [1.82, 2.24) is 45.0 Å². The molecule has 0 saturated carbocycles. The lowest BCUT2D eigenvalue weighted by atomic mass is 9.97. The van der Waals surface area contributed by atoms with E-state index in [2.05, 4.69) is 28.5 Å². The molecule has 4 saturated heterocycles. The van der Waals surface area contributed by atoms with Crippen LogP contribution in [0.5, 0.6) is 11.5 Å². The quantitative estimate of drug-likeness (QED) is 0.0739. The van der Waals surface area contributed by atoms with Gasteiger partial charge in [0.05, 0.1) is 47.6 Å². The number of hydrazine groups is 2. The number of carbonyl (C=O) groups is 6. The SMILES string of the molecule is C.C=CCN1CC(=O)N2[C@@H](Cc3ccc(O)c(F)c3)C(=O)N(Cc3cccc4c3N=CC4)C[C@@H]2N1C(=O)CCc1ccccc1.C=CCN1CC(=O)N2[C@@H](Cc3ccc(O)cc3)C(=O)N(Cc3cccc4c3N=CC4)C[C@@H]2N1C(=O)NCc1ccc(Cl)c(Cl)c1. The molecule has 0 aromatic heterocycles. The third kappa shape index (κ3) is 13.7. The summed E-state index contributed by atoms with van der Waals surface area (Å²) in [5.74, 6) is -2.46. The van der Waals surface area contributed by atoms with Crippen LogP contribution in [0.25, 0.3) is 0 Å². The monoisotopic (exact) mass is 1260 g/mol. The van der Waals surface area contributed by atoms with Crippen molar-refractivity contribution in [3.05, 3.63) is 213 Å². The summed E-state index contributed by atoms with van der Waals surface area (Å²) in [5.41, 5.74) is 8.62. The zero-order valence-corrected chi connectivity index (χ0v) is 50.2. The number of phenols is 2. The average molecular weight is 1260 g/mol. The van der Waals surface area contributed by atoms with Crippen molar-refractivity contribution >= 4 is 82.6 Å². The van der Waals surface area contributed by atoms with Gasteiger partial charge in [0.25, 0.3) is 0 Å². The molecule has 0 unspecified atom stereocenters. The standard InChI is InChI=1S/C34H34FN5O4.C33H32Cl2N6O4.CH4/c1-2-17-38-22-32(43)39-28(19-24-11-13-29(41)27(35)18-24)34(44)37(20-26-10-6-9-25-15-16-36-33(25)26)21-30(39)40(38)31(42)14-12-23-7-4-3-5-8-23;1-2-14-39-20-30(43)40-28(16-21-6-9-25(42)10-7-21)32(44)38(18-24-5-3-4-23-12-13-36-31(23)24)19-29(40)41(39)33(45)37-17-22-8-11-26(34)27(35)15-22;/h2-11,13,16,18,28,30,41H,1,12,14-15,17,19-22H2;2-11,13,15,28-29,42H,1,12,14,16-20H2,(H,37,45);1H4/t28-,30-;28-,29-;/m00./s1. The Kier molecular flexibility index (Phi) is 19.9. The van der Waals surface area contributed by atoms with Gasteiger partial charge in [0.15, 0.2) is 11.6 Å². The van der Waals surface area contributed by atoms with Crippen molar-refractivity contribution in [1.29, 1.82) is 0 Å². The molecule has 3 N–H and O–H groups in total. The van der Waals surface area contributed by atoms with Crippen molar-refractivity contribution in [3.63, 3.8) is 0 Å². The Balaban J connectivity index is 0.000000196. The summed E-state index contributed by atoms with van der Waals surface area (Å²) in [6.45, 7) is 8.85. The number of phenolic OH excluding ortho intramolecular Hbond substituents is 2. The van der Waals surface area contributed by atoms with Crippen molar-refractivity contribution in [2.75, 3.05) is 39.3 Å². The molecule has 6 heterocycles. The summed E-state index contributed by atoms with van der Waals surface area (Å²) < 4.78 is 14.4. The number of carbonyl (C=O) groups excluding carboxylic acids is 6. The van der Waals surface area contributed by atoms with E-state index in [9.17, 15) is 43.4 Å². The van der Waals surface area contributed by atoms with Gasteiger partial charge in [0, 0.05) is 77.3 Å². The highest BCUT2D eigenvalue weighted by Gasteiger charge is 2.53. The minimum Gasteiger partial charge on any atom is -0.508 e. The molecule has 22 heteroatoms. The average Bonchev–Trinajstić information content (AvgIpc) is 0.899. The highest BCUT2D eigenvalue weighted by atomic mass is 35.5. The second-order valence-corrected chi connectivity index (χ2v) is 23.3. The number of nitrogens with one attached hydrogen (secondary N) is 1. The van der Waals surface area contributed by atoms with Gasteiger partial charge in [-0.2, -0.15) is 0 Å². The molecule has 0 radical (unpaired) electrons. The van der Waals surface area contributed by atoms with Crippen molar-refractivity contribution in [2.45, 2.75) is 90.0 Å². The minimum absolute atomic E-state index is 0. The van der Waals surface area contributed by atoms with Crippen LogP contribution in [0.3, 0.4) is 0 Å². The van der Waals surface area contributed by atoms with E-state index >= 15 is 0 Å². The molecule has 0 aliphatic carbocycles. The number of rotatable bonds is 17. The predicted molar refractivity (Wildman–Crippen MR) is 342 cm³/mol. The lowest BCUT2D eigenvalue weighted by Crippen LogP contribution is -2.76. The van der Waals surface area contributed by atoms with Gasteiger partial charge >= 0.3 is 6.03 Å². The van der Waals surface area contributed by atoms with Gasteiger partial charge in [-0.3, -0.25) is 34.0 Å². The van der Waals surface area contributed by atoms with E-state index in [0.29, 0.717) is 22.0 Å². The number of hydrogen-bond donors (Lipinski definition) is 3. The van der Waals surface area contributed by atoms with Crippen LogP contribution in [-0.2, 0) is 75.7 Å². The Bertz CT molecular complexity index is 3800. The number of piperazine rings is 2. The van der Waals surface area contributed by atoms with Gasteiger partial charge in [0.1, 0.15) is 30.2 Å². The molecule has 6 aromatic carbocycles. The van der Waals surface area contributed by atoms with E-state index < -0.39 is 42.0 Å². The highest BCUT2D eigenvalue weighted by Crippen LogP contribution is 2.37. The number of nitrogens with zero attached hydrogens (tertiary/aromatic N) is 10. The zero-order valence-electron chi connectivity index (χ0n) is 48.7. The number of aryl methyl sites for hydroxylation is 1. The number of aromatic hydroxyl groups is 2. The van der Waals surface area contributed by atoms with Crippen LogP contribution < -0.4 is 5.32 Å². The fourth-order valence-corrected chi connectivity index (χ4v) is 12.8. The first-order valence-corrected chi connectivity index (χ1v) is 30.1. The number of benzene rings is 6. The van der Waals surface area contributed by atoms with Crippen LogP contribution >= 0.6 is 23.2 Å². The third-order valence-corrected chi connectivity index (χ3v) is 17.4. The number of para-hydroxylation sites is 2. The summed E-state index contributed by atoms with van der Waals surface area (Å²) in [5, 5.41) is 29.8. The molecule has 4 fully saturated rings. The first-order chi connectivity index (χ1) is 43.1.